The van der Waals surface area contributed by atoms with E-state index in [2.05, 4.69) is 42.6 Å². The molecule has 1 nitrogen and oxygen atoms in total. The van der Waals surface area contributed by atoms with E-state index in [-0.39, 0.29) is 0 Å². The van der Waals surface area contributed by atoms with Crippen LogP contribution in [0.25, 0.3) is 0 Å². The third-order valence-corrected chi connectivity index (χ3v) is 3.59. The number of hydrogen-bond donors (Lipinski definition) is 1. The van der Waals surface area contributed by atoms with Gasteiger partial charge in [0.2, 0.25) is 0 Å². The van der Waals surface area contributed by atoms with Crippen LogP contribution in [0.1, 0.15) is 44.1 Å². The van der Waals surface area contributed by atoms with Gasteiger partial charge in [0, 0.05) is 5.92 Å². The summed E-state index contributed by atoms with van der Waals surface area (Å²) in [6.07, 6.45) is 5.75. The number of rotatable bonds is 4. The van der Waals surface area contributed by atoms with E-state index in [4.69, 9.17) is 0 Å². The molecule has 1 aromatic carbocycles. The largest absolute Gasteiger partial charge is 0.343 e. The van der Waals surface area contributed by atoms with Gasteiger partial charge in [0.25, 0.3) is 0 Å². The van der Waals surface area contributed by atoms with Gasteiger partial charge in [0.05, 0.1) is 12.6 Å². The molecule has 1 aliphatic rings. The molecule has 0 bridgehead atoms. The predicted molar refractivity (Wildman–Crippen MR) is 63.9 cm³/mol. The van der Waals surface area contributed by atoms with Gasteiger partial charge in [-0.3, -0.25) is 0 Å². The van der Waals surface area contributed by atoms with Crippen molar-refractivity contribution in [3.63, 3.8) is 0 Å². The summed E-state index contributed by atoms with van der Waals surface area (Å²) in [6.45, 7) is 3.58. The van der Waals surface area contributed by atoms with Gasteiger partial charge in [-0.05, 0) is 31.2 Å². The number of hydrogen-bond acceptors (Lipinski definition) is 0. The molecular formula is C14H22N+. The Bertz CT molecular complexity index is 275. The second kappa shape index (κ2) is 5.32. The van der Waals surface area contributed by atoms with Gasteiger partial charge in [-0.15, -0.1) is 0 Å². The first kappa shape index (κ1) is 10.7. The van der Waals surface area contributed by atoms with Crippen LogP contribution in [0.2, 0.25) is 0 Å². The molecule has 15 heavy (non-hydrogen) atoms. The molecule has 1 aliphatic carbocycles. The zero-order valence-corrected chi connectivity index (χ0v) is 9.65. The smallest absolute Gasteiger partial charge is 0.0859 e. The van der Waals surface area contributed by atoms with E-state index >= 15 is 0 Å². The average molecular weight is 204 g/mol. The molecule has 0 unspecified atom stereocenters. The van der Waals surface area contributed by atoms with E-state index in [1.54, 1.807) is 0 Å². The van der Waals surface area contributed by atoms with Gasteiger partial charge < -0.3 is 5.32 Å². The standard InChI is InChI=1S/C14H21N/c1-12(13-7-3-2-4-8-13)11-15-14-9-5-6-10-14/h2-4,7-8,12,14-15H,5-6,9-11H2,1H3/p+1/t12-/m0/s1. The summed E-state index contributed by atoms with van der Waals surface area (Å²) in [5.74, 6) is 0.687. The Kier molecular flexibility index (Phi) is 3.79. The second-order valence-electron chi connectivity index (χ2n) is 4.83. The molecule has 1 atom stereocenters. The van der Waals surface area contributed by atoms with Crippen LogP contribution in [0, 0.1) is 0 Å². The van der Waals surface area contributed by atoms with E-state index in [0.29, 0.717) is 5.92 Å². The minimum absolute atomic E-state index is 0.687. The Morgan fingerprint density at radius 3 is 2.53 bits per heavy atom. The van der Waals surface area contributed by atoms with E-state index in [1.165, 1.54) is 37.8 Å². The van der Waals surface area contributed by atoms with Crippen molar-refractivity contribution in [2.45, 2.75) is 44.6 Å². The Hall–Kier alpha value is -0.820. The monoisotopic (exact) mass is 204 g/mol. The molecule has 82 valence electrons. The molecular weight excluding hydrogens is 182 g/mol. The lowest BCUT2D eigenvalue weighted by molar-refractivity contribution is -0.689. The molecule has 0 saturated heterocycles. The summed E-state index contributed by atoms with van der Waals surface area (Å²) >= 11 is 0. The summed E-state index contributed by atoms with van der Waals surface area (Å²) < 4.78 is 0. The van der Waals surface area contributed by atoms with Crippen molar-refractivity contribution in [2.24, 2.45) is 0 Å². The van der Waals surface area contributed by atoms with Gasteiger partial charge in [-0.25, -0.2) is 0 Å². The molecule has 2 N–H and O–H groups in total. The van der Waals surface area contributed by atoms with Crippen molar-refractivity contribution in [2.75, 3.05) is 6.54 Å². The first-order valence-corrected chi connectivity index (χ1v) is 6.24. The van der Waals surface area contributed by atoms with Crippen molar-refractivity contribution in [1.82, 2.24) is 0 Å². The molecule has 1 aromatic rings. The van der Waals surface area contributed by atoms with Crippen LogP contribution in [0.5, 0.6) is 0 Å². The fourth-order valence-electron chi connectivity index (χ4n) is 2.51. The van der Waals surface area contributed by atoms with Crippen LogP contribution in [-0.2, 0) is 0 Å². The Morgan fingerprint density at radius 2 is 1.87 bits per heavy atom. The lowest BCUT2D eigenvalue weighted by atomic mass is 10.0. The SMILES string of the molecule is C[C@@H](C[NH2+]C1CCCC1)c1ccccc1. The third-order valence-electron chi connectivity index (χ3n) is 3.59. The molecule has 1 saturated carbocycles. The first-order valence-electron chi connectivity index (χ1n) is 6.24. The minimum atomic E-state index is 0.687. The van der Waals surface area contributed by atoms with Crippen molar-refractivity contribution in [3.05, 3.63) is 35.9 Å². The average Bonchev–Trinajstić information content (AvgIpc) is 2.80. The van der Waals surface area contributed by atoms with Crippen LogP contribution in [0.3, 0.4) is 0 Å². The maximum Gasteiger partial charge on any atom is 0.0859 e. The zero-order chi connectivity index (χ0) is 10.5. The fourth-order valence-corrected chi connectivity index (χ4v) is 2.51. The Morgan fingerprint density at radius 1 is 1.20 bits per heavy atom. The summed E-state index contributed by atoms with van der Waals surface area (Å²) in [6, 6.07) is 11.8. The number of benzene rings is 1. The first-order chi connectivity index (χ1) is 7.36. The van der Waals surface area contributed by atoms with E-state index in [0.717, 1.165) is 6.04 Å². The van der Waals surface area contributed by atoms with E-state index in [1.807, 2.05) is 0 Å². The molecule has 2 rings (SSSR count). The summed E-state index contributed by atoms with van der Waals surface area (Å²) in [4.78, 5) is 0. The molecule has 0 aliphatic heterocycles. The number of quaternary nitrogens is 1. The summed E-state index contributed by atoms with van der Waals surface area (Å²) in [5, 5.41) is 2.56. The lowest BCUT2D eigenvalue weighted by Crippen LogP contribution is -2.90. The highest BCUT2D eigenvalue weighted by atomic mass is 14.9. The Labute approximate surface area is 92.9 Å². The topological polar surface area (TPSA) is 16.6 Å². The van der Waals surface area contributed by atoms with Gasteiger partial charge in [0.1, 0.15) is 0 Å². The predicted octanol–water partition coefficient (Wildman–Crippen LogP) is 2.30. The molecule has 0 radical (unpaired) electrons. The molecule has 0 aromatic heterocycles. The van der Waals surface area contributed by atoms with Gasteiger partial charge in [0.15, 0.2) is 0 Å². The number of nitrogens with two attached hydrogens (primary N) is 1. The minimum Gasteiger partial charge on any atom is -0.343 e. The van der Waals surface area contributed by atoms with Crippen LogP contribution < -0.4 is 5.32 Å². The normalized spacial score (nSPS) is 19.3. The van der Waals surface area contributed by atoms with Crippen molar-refractivity contribution in [3.8, 4) is 0 Å². The van der Waals surface area contributed by atoms with Crippen molar-refractivity contribution in [1.29, 1.82) is 0 Å². The van der Waals surface area contributed by atoms with Gasteiger partial charge >= 0.3 is 0 Å². The molecule has 0 amide bonds. The van der Waals surface area contributed by atoms with Gasteiger partial charge in [-0.2, -0.15) is 0 Å². The Balaban J connectivity index is 1.79. The van der Waals surface area contributed by atoms with Crippen LogP contribution >= 0.6 is 0 Å². The van der Waals surface area contributed by atoms with Gasteiger partial charge in [-0.1, -0.05) is 37.3 Å². The molecule has 1 heteroatoms. The van der Waals surface area contributed by atoms with Crippen LogP contribution in [-0.4, -0.2) is 12.6 Å². The highest BCUT2D eigenvalue weighted by Gasteiger charge is 2.18. The summed E-state index contributed by atoms with van der Waals surface area (Å²) in [5.41, 5.74) is 1.48. The van der Waals surface area contributed by atoms with Crippen LogP contribution in [0.4, 0.5) is 0 Å². The van der Waals surface area contributed by atoms with E-state index < -0.39 is 0 Å². The molecule has 0 spiro atoms. The second-order valence-corrected chi connectivity index (χ2v) is 4.83. The van der Waals surface area contributed by atoms with Crippen molar-refractivity contribution < 1.29 is 5.32 Å². The lowest BCUT2D eigenvalue weighted by Gasteiger charge is -2.14. The summed E-state index contributed by atoms with van der Waals surface area (Å²) in [7, 11) is 0. The highest BCUT2D eigenvalue weighted by Crippen LogP contribution is 2.16. The van der Waals surface area contributed by atoms with Crippen LogP contribution in [0.15, 0.2) is 30.3 Å². The molecule has 0 heterocycles. The van der Waals surface area contributed by atoms with Crippen molar-refractivity contribution >= 4 is 0 Å². The fraction of sp³-hybridized carbons (Fsp3) is 0.571. The quantitative estimate of drug-likeness (QED) is 0.775. The molecule has 1 fully saturated rings. The maximum atomic E-state index is 2.56. The maximum absolute atomic E-state index is 2.56. The van der Waals surface area contributed by atoms with E-state index in [9.17, 15) is 0 Å². The zero-order valence-electron chi connectivity index (χ0n) is 9.65. The highest BCUT2D eigenvalue weighted by molar-refractivity contribution is 5.18. The third kappa shape index (κ3) is 3.07.